The van der Waals surface area contributed by atoms with E-state index in [0.717, 1.165) is 16.8 Å². The van der Waals surface area contributed by atoms with E-state index in [-0.39, 0.29) is 42.2 Å². The van der Waals surface area contributed by atoms with E-state index >= 15 is 0 Å². The highest BCUT2D eigenvalue weighted by molar-refractivity contribution is 8.02. The molecule has 7 nitrogen and oxygen atoms in total. The van der Waals surface area contributed by atoms with E-state index in [1.54, 1.807) is 9.80 Å². The van der Waals surface area contributed by atoms with Crippen molar-refractivity contribution in [3.8, 4) is 0 Å². The van der Waals surface area contributed by atoms with Crippen LogP contribution >= 0.6 is 11.8 Å². The van der Waals surface area contributed by atoms with E-state index in [1.165, 1.54) is 11.8 Å². The third kappa shape index (κ3) is 3.64. The molecule has 36 heavy (non-hydrogen) atoms. The number of hydrogen-bond acceptors (Lipinski definition) is 6. The van der Waals surface area contributed by atoms with E-state index in [0.29, 0.717) is 13.0 Å². The van der Waals surface area contributed by atoms with Gasteiger partial charge in [0, 0.05) is 17.5 Å². The molecule has 4 aliphatic rings. The largest absolute Gasteiger partial charge is 0.465 e. The molecule has 1 N–H and O–H groups in total. The van der Waals surface area contributed by atoms with Crippen molar-refractivity contribution in [3.63, 3.8) is 0 Å². The minimum Gasteiger partial charge on any atom is -0.465 e. The lowest BCUT2D eigenvalue weighted by Crippen LogP contribution is -2.58. The summed E-state index contributed by atoms with van der Waals surface area (Å²) in [5, 5.41) is 10.1. The van der Waals surface area contributed by atoms with E-state index < -0.39 is 28.7 Å². The minimum absolute atomic E-state index is 0.0755. The fourth-order valence-electron chi connectivity index (χ4n) is 6.46. The van der Waals surface area contributed by atoms with Gasteiger partial charge in [-0.05, 0) is 37.3 Å². The quantitative estimate of drug-likeness (QED) is 0.495. The molecule has 1 aromatic rings. The van der Waals surface area contributed by atoms with Gasteiger partial charge in [0.1, 0.15) is 6.04 Å². The molecule has 0 aromatic heterocycles. The first-order valence-corrected chi connectivity index (χ1v) is 13.6. The average Bonchev–Trinajstić information content (AvgIpc) is 3.19. The number of aryl methyl sites for hydroxylation is 2. The number of aliphatic hydroxyl groups excluding tert-OH is 1. The van der Waals surface area contributed by atoms with Gasteiger partial charge in [0.25, 0.3) is 5.91 Å². The van der Waals surface area contributed by atoms with Crippen molar-refractivity contribution in [1.82, 2.24) is 4.90 Å². The number of para-hydroxylation sites is 1. The van der Waals surface area contributed by atoms with Crippen LogP contribution in [0.15, 0.2) is 42.5 Å². The van der Waals surface area contributed by atoms with Gasteiger partial charge in [-0.25, -0.2) is 0 Å². The van der Waals surface area contributed by atoms with Crippen LogP contribution in [0.4, 0.5) is 5.69 Å². The van der Waals surface area contributed by atoms with Crippen molar-refractivity contribution in [1.29, 1.82) is 0 Å². The van der Waals surface area contributed by atoms with Crippen LogP contribution in [0.3, 0.4) is 0 Å². The number of amides is 2. The topological polar surface area (TPSA) is 87.2 Å². The highest BCUT2D eigenvalue weighted by atomic mass is 32.2. The molecule has 8 heteroatoms. The lowest BCUT2D eigenvalue weighted by atomic mass is 9.78. The summed E-state index contributed by atoms with van der Waals surface area (Å²) in [5.41, 5.74) is 2.81. The van der Waals surface area contributed by atoms with E-state index in [1.807, 2.05) is 70.2 Å². The summed E-state index contributed by atoms with van der Waals surface area (Å²) < 4.78 is 4.61. The first-order valence-electron chi connectivity index (χ1n) is 12.7. The van der Waals surface area contributed by atoms with Crippen LogP contribution in [0.2, 0.25) is 0 Å². The maximum absolute atomic E-state index is 14.6. The predicted molar refractivity (Wildman–Crippen MR) is 140 cm³/mol. The predicted octanol–water partition coefficient (Wildman–Crippen LogP) is 3.02. The number of thioether (sulfide) groups is 1. The number of carbonyl (C=O) groups is 3. The van der Waals surface area contributed by atoms with Gasteiger partial charge in [-0.3, -0.25) is 14.4 Å². The molecule has 1 spiro atoms. The van der Waals surface area contributed by atoms with Gasteiger partial charge in [0.15, 0.2) is 0 Å². The highest BCUT2D eigenvalue weighted by Gasteiger charge is 2.72. The van der Waals surface area contributed by atoms with Gasteiger partial charge in [0.2, 0.25) is 5.91 Å². The van der Waals surface area contributed by atoms with Gasteiger partial charge in [0.05, 0.1) is 35.8 Å². The number of anilines is 1. The maximum Gasteiger partial charge on any atom is 0.311 e. The Morgan fingerprint density at radius 2 is 1.86 bits per heavy atom. The maximum atomic E-state index is 14.6. The lowest BCUT2D eigenvalue weighted by Gasteiger charge is -2.40. The molecule has 0 aliphatic carbocycles. The Bertz CT molecular complexity index is 1130. The number of fused-ring (bicyclic) bond motifs is 2. The number of benzene rings is 1. The Hall–Kier alpha value is -2.58. The molecule has 192 valence electrons. The number of ether oxygens (including phenoxy) is 1. The van der Waals surface area contributed by atoms with Gasteiger partial charge in [-0.1, -0.05) is 56.4 Å². The van der Waals surface area contributed by atoms with Crippen LogP contribution in [0.1, 0.15) is 31.4 Å². The molecule has 0 saturated carbocycles. The molecule has 6 atom stereocenters. The molecule has 1 aromatic carbocycles. The Morgan fingerprint density at radius 3 is 2.53 bits per heavy atom. The minimum atomic E-state index is -0.926. The third-order valence-electron chi connectivity index (χ3n) is 8.08. The molecular weight excluding hydrogens is 476 g/mol. The van der Waals surface area contributed by atoms with Gasteiger partial charge in [-0.15, -0.1) is 11.8 Å². The van der Waals surface area contributed by atoms with Gasteiger partial charge >= 0.3 is 5.97 Å². The SMILES string of the molecule is Cc1cccc(C)c1N1CC=C[C@]23S[C@H]4C=CCCOC(=O)[C@H]4[C@H]2C(=O)N([C@@H](CO)C(C)C)C3C1=O. The summed E-state index contributed by atoms with van der Waals surface area (Å²) in [6.45, 7) is 8.25. The second kappa shape index (κ2) is 9.38. The second-order valence-electron chi connectivity index (χ2n) is 10.6. The Labute approximate surface area is 216 Å². The van der Waals surface area contributed by atoms with Crippen molar-refractivity contribution in [2.45, 2.75) is 56.2 Å². The zero-order valence-electron chi connectivity index (χ0n) is 21.2. The molecule has 5 rings (SSSR count). The molecule has 0 radical (unpaired) electrons. The number of rotatable bonds is 4. The van der Waals surface area contributed by atoms with Crippen LogP contribution in [-0.2, 0) is 19.1 Å². The Balaban J connectivity index is 1.69. The summed E-state index contributed by atoms with van der Waals surface area (Å²) in [7, 11) is 0. The van der Waals surface area contributed by atoms with E-state index in [4.69, 9.17) is 4.74 Å². The molecule has 2 saturated heterocycles. The number of esters is 1. The van der Waals surface area contributed by atoms with E-state index in [2.05, 4.69) is 0 Å². The molecule has 4 heterocycles. The lowest BCUT2D eigenvalue weighted by molar-refractivity contribution is -0.153. The fourth-order valence-corrected chi connectivity index (χ4v) is 8.44. The normalized spacial score (nSPS) is 32.6. The first-order chi connectivity index (χ1) is 17.2. The van der Waals surface area contributed by atoms with Crippen molar-refractivity contribution in [2.75, 3.05) is 24.7 Å². The summed E-state index contributed by atoms with van der Waals surface area (Å²) >= 11 is 1.53. The summed E-state index contributed by atoms with van der Waals surface area (Å²) in [4.78, 5) is 45.4. The Morgan fingerprint density at radius 1 is 1.14 bits per heavy atom. The molecule has 4 aliphatic heterocycles. The zero-order valence-corrected chi connectivity index (χ0v) is 22.0. The summed E-state index contributed by atoms with van der Waals surface area (Å²) in [6, 6.07) is 4.55. The van der Waals surface area contributed by atoms with Crippen molar-refractivity contribution < 1.29 is 24.2 Å². The highest BCUT2D eigenvalue weighted by Crippen LogP contribution is 2.61. The van der Waals surface area contributed by atoms with Crippen LogP contribution in [-0.4, -0.2) is 69.6 Å². The standard InChI is InChI=1S/C28H34N2O5S/c1-16(2)19(15-31)30-24-26(33)29(23-17(3)9-7-10-18(23)4)13-8-12-28(24)22(25(30)32)21-20(36-28)11-5-6-14-35-27(21)34/h5,7-12,16,19-22,24,31H,6,13-15H2,1-4H3/t19-,20-,21+,22-,24?,28-/m0/s1. The average molecular weight is 511 g/mol. The number of likely N-dealkylation sites (tertiary alicyclic amines) is 1. The number of cyclic esters (lactones) is 1. The number of nitrogens with zero attached hydrogens (tertiary/aromatic N) is 2. The number of aliphatic hydroxyl groups is 1. The van der Waals surface area contributed by atoms with Crippen LogP contribution in [0.5, 0.6) is 0 Å². The second-order valence-corrected chi connectivity index (χ2v) is 12.0. The van der Waals surface area contributed by atoms with Crippen LogP contribution in [0, 0.1) is 31.6 Å². The van der Waals surface area contributed by atoms with Crippen molar-refractivity contribution in [2.24, 2.45) is 17.8 Å². The van der Waals surface area contributed by atoms with Crippen LogP contribution < -0.4 is 4.90 Å². The zero-order chi connectivity index (χ0) is 25.8. The van der Waals surface area contributed by atoms with Gasteiger partial charge < -0.3 is 19.6 Å². The van der Waals surface area contributed by atoms with Crippen molar-refractivity contribution >= 4 is 35.2 Å². The Kier molecular flexibility index (Phi) is 6.53. The fraction of sp³-hybridized carbons (Fsp3) is 0.536. The van der Waals surface area contributed by atoms with Crippen molar-refractivity contribution in [3.05, 3.63) is 53.6 Å². The molecule has 2 amide bonds. The monoisotopic (exact) mass is 510 g/mol. The smallest absolute Gasteiger partial charge is 0.311 e. The third-order valence-corrected chi connectivity index (χ3v) is 9.83. The molecule has 0 bridgehead atoms. The molecular formula is C28H34N2O5S. The summed E-state index contributed by atoms with van der Waals surface area (Å²) in [5.74, 6) is -2.30. The summed E-state index contributed by atoms with van der Waals surface area (Å²) in [6.07, 6.45) is 8.61. The van der Waals surface area contributed by atoms with E-state index in [9.17, 15) is 19.5 Å². The number of hydrogen-bond donors (Lipinski definition) is 1. The molecule has 1 unspecified atom stereocenters. The first kappa shape index (κ1) is 25.1. The molecule has 2 fully saturated rings. The van der Waals surface area contributed by atoms with Crippen LogP contribution in [0.25, 0.3) is 0 Å². The number of carbonyl (C=O) groups excluding carboxylic acids is 3. The van der Waals surface area contributed by atoms with Gasteiger partial charge in [-0.2, -0.15) is 0 Å².